The van der Waals surface area contributed by atoms with Crippen LogP contribution >= 0.6 is 23.1 Å². The summed E-state index contributed by atoms with van der Waals surface area (Å²) in [4.78, 5) is 24.7. The van der Waals surface area contributed by atoms with Gasteiger partial charge >= 0.3 is 0 Å². The molecule has 0 spiro atoms. The Hall–Kier alpha value is -2.91. The number of nitrogens with one attached hydrogen (secondary N) is 2. The number of benzene rings is 2. The molecule has 7 nitrogen and oxygen atoms in total. The third-order valence-electron chi connectivity index (χ3n) is 4.50. The first-order chi connectivity index (χ1) is 15.4. The highest BCUT2D eigenvalue weighted by Gasteiger charge is 2.13. The second-order valence-corrected chi connectivity index (χ2v) is 9.41. The number of amides is 2. The predicted octanol–water partition coefficient (Wildman–Crippen LogP) is 5.32. The van der Waals surface area contributed by atoms with Crippen molar-refractivity contribution >= 4 is 45.7 Å². The normalized spacial score (nSPS) is 10.6. The van der Waals surface area contributed by atoms with Crippen molar-refractivity contribution in [1.29, 1.82) is 0 Å². The van der Waals surface area contributed by atoms with Gasteiger partial charge in [0.15, 0.2) is 4.34 Å². The first kappa shape index (κ1) is 23.7. The molecule has 2 amide bonds. The van der Waals surface area contributed by atoms with Crippen molar-refractivity contribution in [2.45, 2.75) is 38.0 Å². The van der Waals surface area contributed by atoms with Crippen LogP contribution in [0.25, 0.3) is 0 Å². The lowest BCUT2D eigenvalue weighted by atomic mass is 10.1. The number of carbonyl (C=O) groups is 2. The van der Waals surface area contributed by atoms with Crippen molar-refractivity contribution in [2.24, 2.45) is 0 Å². The van der Waals surface area contributed by atoms with Gasteiger partial charge in [-0.25, -0.2) is 0 Å². The molecule has 0 aliphatic heterocycles. The van der Waals surface area contributed by atoms with Gasteiger partial charge in [0.2, 0.25) is 11.0 Å². The average Bonchev–Trinajstić information content (AvgIpc) is 3.23. The second-order valence-electron chi connectivity index (χ2n) is 7.21. The van der Waals surface area contributed by atoms with Gasteiger partial charge in [-0.2, -0.15) is 0 Å². The molecule has 168 valence electrons. The Morgan fingerprint density at radius 2 is 1.84 bits per heavy atom. The monoisotopic (exact) mass is 470 g/mol. The van der Waals surface area contributed by atoms with Crippen molar-refractivity contribution in [3.63, 3.8) is 0 Å². The number of carbonyl (C=O) groups excluding carboxylic acids is 2. The molecule has 0 unspecified atom stereocenters. The molecule has 0 atom stereocenters. The van der Waals surface area contributed by atoms with Gasteiger partial charge in [0.25, 0.3) is 5.91 Å². The van der Waals surface area contributed by atoms with Crippen LogP contribution in [0.4, 0.5) is 10.8 Å². The summed E-state index contributed by atoms with van der Waals surface area (Å²) in [6.45, 7) is 6.71. The molecular weight excluding hydrogens is 444 g/mol. The van der Waals surface area contributed by atoms with Crippen LogP contribution in [0.2, 0.25) is 0 Å². The summed E-state index contributed by atoms with van der Waals surface area (Å²) in [7, 11) is 0. The maximum atomic E-state index is 12.4. The summed E-state index contributed by atoms with van der Waals surface area (Å²) < 4.78 is 6.22. The Kier molecular flexibility index (Phi) is 8.64. The molecule has 0 radical (unpaired) electrons. The summed E-state index contributed by atoms with van der Waals surface area (Å²) >= 11 is 2.51. The number of nitrogens with zero attached hydrogens (tertiary/aromatic N) is 2. The molecule has 0 saturated heterocycles. The highest BCUT2D eigenvalue weighted by atomic mass is 32.2. The molecule has 0 saturated carbocycles. The van der Waals surface area contributed by atoms with Gasteiger partial charge in [-0.15, -0.1) is 10.2 Å². The van der Waals surface area contributed by atoms with Crippen LogP contribution < -0.4 is 15.4 Å². The lowest BCUT2D eigenvalue weighted by Crippen LogP contribution is -2.14. The number of anilines is 2. The lowest BCUT2D eigenvalue weighted by Gasteiger charge is -2.08. The first-order valence-electron chi connectivity index (χ1n) is 10.3. The highest BCUT2D eigenvalue weighted by molar-refractivity contribution is 8.01. The van der Waals surface area contributed by atoms with Gasteiger partial charge in [-0.05, 0) is 61.7 Å². The fraction of sp³-hybridized carbons (Fsp3) is 0.304. The van der Waals surface area contributed by atoms with E-state index in [2.05, 4.69) is 27.8 Å². The molecule has 9 heteroatoms. The number of unbranched alkanes of at least 4 members (excludes halogenated alkanes) is 1. The molecule has 1 aromatic heterocycles. The summed E-state index contributed by atoms with van der Waals surface area (Å²) in [5.74, 6) is 0.551. The first-order valence-corrected chi connectivity index (χ1v) is 12.1. The van der Waals surface area contributed by atoms with Gasteiger partial charge in [-0.3, -0.25) is 14.9 Å². The van der Waals surface area contributed by atoms with E-state index in [0.29, 0.717) is 21.6 Å². The van der Waals surface area contributed by atoms with Crippen molar-refractivity contribution in [2.75, 3.05) is 23.0 Å². The van der Waals surface area contributed by atoms with E-state index in [4.69, 9.17) is 4.74 Å². The molecule has 1 heterocycles. The highest BCUT2D eigenvalue weighted by Crippen LogP contribution is 2.26. The minimum atomic E-state index is -0.273. The molecule has 2 aromatic carbocycles. The van der Waals surface area contributed by atoms with Crippen LogP contribution in [0.5, 0.6) is 5.75 Å². The van der Waals surface area contributed by atoms with Crippen LogP contribution in [-0.2, 0) is 4.79 Å². The Balaban J connectivity index is 1.48. The largest absolute Gasteiger partial charge is 0.494 e. The molecule has 32 heavy (non-hydrogen) atoms. The summed E-state index contributed by atoms with van der Waals surface area (Å²) in [5.41, 5.74) is 3.41. The summed E-state index contributed by atoms with van der Waals surface area (Å²) in [6.07, 6.45) is 2.06. The Morgan fingerprint density at radius 1 is 1.06 bits per heavy atom. The van der Waals surface area contributed by atoms with Gasteiger partial charge in [0.05, 0.1) is 12.4 Å². The van der Waals surface area contributed by atoms with Crippen molar-refractivity contribution < 1.29 is 14.3 Å². The summed E-state index contributed by atoms with van der Waals surface area (Å²) in [5, 5.41) is 14.1. The van der Waals surface area contributed by atoms with E-state index in [1.54, 1.807) is 24.3 Å². The van der Waals surface area contributed by atoms with E-state index >= 15 is 0 Å². The number of hydrogen-bond acceptors (Lipinski definition) is 7. The van der Waals surface area contributed by atoms with Gasteiger partial charge in [-0.1, -0.05) is 48.6 Å². The maximum absolute atomic E-state index is 12.4. The maximum Gasteiger partial charge on any atom is 0.257 e. The minimum absolute atomic E-state index is 0.120. The SMILES string of the molecule is CCCCOc1ccc(C(=O)Nc2nnc(SCC(=O)Nc3cc(C)ccc3C)s2)cc1. The standard InChI is InChI=1S/C23H26N4O3S2/c1-4-5-12-30-18-10-8-17(9-11-18)21(29)25-22-26-27-23(32-22)31-14-20(28)24-19-13-15(2)6-7-16(19)3/h6-11,13H,4-5,12,14H2,1-3H3,(H,24,28)(H,25,26,29). The van der Waals surface area contributed by atoms with E-state index in [0.717, 1.165) is 35.4 Å². The van der Waals surface area contributed by atoms with E-state index in [1.807, 2.05) is 32.0 Å². The number of ether oxygens (including phenoxy) is 1. The topological polar surface area (TPSA) is 93.2 Å². The number of aryl methyl sites for hydroxylation is 2. The summed E-state index contributed by atoms with van der Waals surface area (Å²) in [6, 6.07) is 12.9. The third-order valence-corrected chi connectivity index (χ3v) is 6.48. The molecule has 3 rings (SSSR count). The van der Waals surface area contributed by atoms with E-state index in [-0.39, 0.29) is 17.6 Å². The van der Waals surface area contributed by atoms with Crippen molar-refractivity contribution in [3.8, 4) is 5.75 Å². The van der Waals surface area contributed by atoms with Crippen LogP contribution in [0, 0.1) is 13.8 Å². The fourth-order valence-electron chi connectivity index (χ4n) is 2.71. The molecule has 2 N–H and O–H groups in total. The van der Waals surface area contributed by atoms with Gasteiger partial charge in [0.1, 0.15) is 5.75 Å². The molecule has 0 aliphatic carbocycles. The Labute approximate surface area is 196 Å². The molecule has 0 bridgehead atoms. The Bertz CT molecular complexity index is 1070. The number of hydrogen-bond donors (Lipinski definition) is 2. The number of thioether (sulfide) groups is 1. The molecule has 0 aliphatic rings. The van der Waals surface area contributed by atoms with Crippen LogP contribution in [0.15, 0.2) is 46.8 Å². The second kappa shape index (κ2) is 11.6. The number of aromatic nitrogens is 2. The van der Waals surface area contributed by atoms with E-state index in [1.165, 1.54) is 23.1 Å². The molecule has 3 aromatic rings. The zero-order chi connectivity index (χ0) is 22.9. The van der Waals surface area contributed by atoms with Crippen LogP contribution in [0.1, 0.15) is 41.3 Å². The smallest absolute Gasteiger partial charge is 0.257 e. The van der Waals surface area contributed by atoms with Gasteiger partial charge in [0, 0.05) is 11.3 Å². The number of rotatable bonds is 10. The zero-order valence-corrected chi connectivity index (χ0v) is 19.9. The minimum Gasteiger partial charge on any atom is -0.494 e. The fourth-order valence-corrected chi connectivity index (χ4v) is 4.26. The third kappa shape index (κ3) is 7.06. The van der Waals surface area contributed by atoms with Gasteiger partial charge < -0.3 is 10.1 Å². The van der Waals surface area contributed by atoms with Crippen molar-refractivity contribution in [3.05, 3.63) is 59.2 Å². The van der Waals surface area contributed by atoms with E-state index in [9.17, 15) is 9.59 Å². The quantitative estimate of drug-likeness (QED) is 0.237. The average molecular weight is 471 g/mol. The molecular formula is C23H26N4O3S2. The molecule has 0 fully saturated rings. The van der Waals surface area contributed by atoms with Crippen molar-refractivity contribution in [1.82, 2.24) is 10.2 Å². The van der Waals surface area contributed by atoms with Crippen LogP contribution in [0.3, 0.4) is 0 Å². The Morgan fingerprint density at radius 3 is 2.59 bits per heavy atom. The van der Waals surface area contributed by atoms with Crippen LogP contribution in [-0.4, -0.2) is 34.4 Å². The zero-order valence-electron chi connectivity index (χ0n) is 18.3. The predicted molar refractivity (Wildman–Crippen MR) is 130 cm³/mol. The van der Waals surface area contributed by atoms with E-state index < -0.39 is 0 Å². The lowest BCUT2D eigenvalue weighted by molar-refractivity contribution is -0.113.